The van der Waals surface area contributed by atoms with E-state index in [9.17, 15) is 0 Å². The maximum absolute atomic E-state index is 4.64. The lowest BCUT2D eigenvalue weighted by Gasteiger charge is -2.06. The molecule has 0 saturated heterocycles. The minimum absolute atomic E-state index is 0.804. The van der Waals surface area contributed by atoms with Crippen molar-refractivity contribution in [2.75, 3.05) is 6.54 Å². The SMILES string of the molecule is CCNCc1cncc(-c2ccc3[nH]nc(-c4cc5c(-c6ccccn6)cncc5[nH]4)c3c2)c1. The van der Waals surface area contributed by atoms with E-state index >= 15 is 0 Å². The molecular formula is C27H23N7. The summed E-state index contributed by atoms with van der Waals surface area (Å²) < 4.78 is 0. The minimum atomic E-state index is 0.804. The van der Waals surface area contributed by atoms with Crippen LogP contribution in [0.25, 0.3) is 55.6 Å². The van der Waals surface area contributed by atoms with Gasteiger partial charge in [0.1, 0.15) is 5.69 Å². The summed E-state index contributed by atoms with van der Waals surface area (Å²) in [7, 11) is 0. The molecule has 0 aliphatic heterocycles. The number of aromatic nitrogens is 6. The van der Waals surface area contributed by atoms with Crippen LogP contribution in [0.4, 0.5) is 0 Å². The molecule has 0 aliphatic carbocycles. The number of hydrogen-bond acceptors (Lipinski definition) is 5. The van der Waals surface area contributed by atoms with Gasteiger partial charge in [-0.1, -0.05) is 19.1 Å². The molecular weight excluding hydrogens is 422 g/mol. The first-order valence-corrected chi connectivity index (χ1v) is 11.3. The van der Waals surface area contributed by atoms with Crippen molar-refractivity contribution < 1.29 is 0 Å². The number of nitrogens with zero attached hydrogens (tertiary/aromatic N) is 4. The molecule has 0 aliphatic rings. The molecule has 0 amide bonds. The molecule has 5 aromatic heterocycles. The van der Waals surface area contributed by atoms with Crippen molar-refractivity contribution in [3.05, 3.63) is 85.1 Å². The molecule has 166 valence electrons. The monoisotopic (exact) mass is 445 g/mol. The third kappa shape index (κ3) is 3.62. The Morgan fingerprint density at radius 3 is 2.68 bits per heavy atom. The number of hydrogen-bond donors (Lipinski definition) is 3. The van der Waals surface area contributed by atoms with Gasteiger partial charge in [0.2, 0.25) is 0 Å². The molecule has 0 spiro atoms. The van der Waals surface area contributed by atoms with Crippen molar-refractivity contribution in [1.82, 2.24) is 35.5 Å². The van der Waals surface area contributed by atoms with E-state index in [2.05, 4.69) is 72.7 Å². The zero-order valence-corrected chi connectivity index (χ0v) is 18.7. The predicted octanol–water partition coefficient (Wildman–Crippen LogP) is 5.34. The molecule has 3 N–H and O–H groups in total. The predicted molar refractivity (Wildman–Crippen MR) is 135 cm³/mol. The van der Waals surface area contributed by atoms with E-state index in [0.717, 1.165) is 74.2 Å². The maximum Gasteiger partial charge on any atom is 0.116 e. The minimum Gasteiger partial charge on any atom is -0.352 e. The molecule has 0 atom stereocenters. The van der Waals surface area contributed by atoms with Crippen LogP contribution in [0, 0.1) is 0 Å². The Hall–Kier alpha value is -4.36. The average molecular weight is 446 g/mol. The van der Waals surface area contributed by atoms with Gasteiger partial charge in [0.05, 0.1) is 28.6 Å². The smallest absolute Gasteiger partial charge is 0.116 e. The normalized spacial score (nSPS) is 11.4. The summed E-state index contributed by atoms with van der Waals surface area (Å²) in [5.41, 5.74) is 8.98. The Morgan fingerprint density at radius 1 is 0.853 bits per heavy atom. The molecule has 0 unspecified atom stereocenters. The van der Waals surface area contributed by atoms with Crippen LogP contribution < -0.4 is 5.32 Å². The van der Waals surface area contributed by atoms with Crippen LogP contribution in [0.2, 0.25) is 0 Å². The zero-order valence-electron chi connectivity index (χ0n) is 18.7. The molecule has 7 heteroatoms. The van der Waals surface area contributed by atoms with Crippen LogP contribution in [-0.4, -0.2) is 36.7 Å². The highest BCUT2D eigenvalue weighted by atomic mass is 15.1. The highest BCUT2D eigenvalue weighted by Crippen LogP contribution is 2.34. The first kappa shape index (κ1) is 20.3. The van der Waals surface area contributed by atoms with Crippen LogP contribution in [-0.2, 0) is 6.54 Å². The van der Waals surface area contributed by atoms with Crippen LogP contribution in [0.15, 0.2) is 79.5 Å². The number of H-pyrrole nitrogens is 2. The lowest BCUT2D eigenvalue weighted by atomic mass is 10.0. The molecule has 7 nitrogen and oxygen atoms in total. The second-order valence-corrected chi connectivity index (χ2v) is 8.24. The number of rotatable bonds is 6. The van der Waals surface area contributed by atoms with E-state index in [1.165, 1.54) is 0 Å². The standard InChI is InChI=1S/C27H23N7/c1-2-28-12-17-9-19(14-29-13-17)18-6-7-24-21(10-18)27(34-33-24)25-11-20-22(15-30-16-26(20)32-25)23-5-3-4-8-31-23/h3-11,13-16,28,32H,2,12H2,1H3,(H,33,34). The quantitative estimate of drug-likeness (QED) is 0.322. The summed E-state index contributed by atoms with van der Waals surface area (Å²) in [6, 6.07) is 16.6. The van der Waals surface area contributed by atoms with Crippen molar-refractivity contribution in [3.8, 4) is 33.8 Å². The zero-order chi connectivity index (χ0) is 22.9. The first-order valence-electron chi connectivity index (χ1n) is 11.3. The first-order chi connectivity index (χ1) is 16.8. The van der Waals surface area contributed by atoms with Gasteiger partial charge in [0.25, 0.3) is 0 Å². The van der Waals surface area contributed by atoms with E-state index in [-0.39, 0.29) is 0 Å². The fourth-order valence-corrected chi connectivity index (χ4v) is 4.32. The van der Waals surface area contributed by atoms with Crippen molar-refractivity contribution in [1.29, 1.82) is 0 Å². The molecule has 6 rings (SSSR count). The van der Waals surface area contributed by atoms with Crippen molar-refractivity contribution in [2.45, 2.75) is 13.5 Å². The van der Waals surface area contributed by atoms with E-state index in [1.54, 1.807) is 6.20 Å². The number of fused-ring (bicyclic) bond motifs is 2. The van der Waals surface area contributed by atoms with E-state index in [0.29, 0.717) is 0 Å². The molecule has 0 radical (unpaired) electrons. The Bertz CT molecular complexity index is 1600. The van der Waals surface area contributed by atoms with Crippen LogP contribution in [0.5, 0.6) is 0 Å². The fourth-order valence-electron chi connectivity index (χ4n) is 4.32. The Balaban J connectivity index is 1.44. The van der Waals surface area contributed by atoms with Crippen LogP contribution in [0.3, 0.4) is 0 Å². The van der Waals surface area contributed by atoms with E-state index in [4.69, 9.17) is 0 Å². The molecule has 5 heterocycles. The van der Waals surface area contributed by atoms with Gasteiger partial charge in [0.15, 0.2) is 0 Å². The van der Waals surface area contributed by atoms with Gasteiger partial charge in [-0.15, -0.1) is 0 Å². The second-order valence-electron chi connectivity index (χ2n) is 8.24. The summed E-state index contributed by atoms with van der Waals surface area (Å²) in [6.45, 7) is 3.83. The van der Waals surface area contributed by atoms with Gasteiger partial charge in [-0.3, -0.25) is 20.1 Å². The number of nitrogens with one attached hydrogen (secondary N) is 3. The van der Waals surface area contributed by atoms with Gasteiger partial charge in [-0.25, -0.2) is 0 Å². The van der Waals surface area contributed by atoms with E-state index < -0.39 is 0 Å². The summed E-state index contributed by atoms with van der Waals surface area (Å²) in [4.78, 5) is 16.9. The van der Waals surface area contributed by atoms with Crippen molar-refractivity contribution >= 4 is 21.8 Å². The van der Waals surface area contributed by atoms with Gasteiger partial charge in [-0.05, 0) is 54.1 Å². The maximum atomic E-state index is 4.64. The third-order valence-electron chi connectivity index (χ3n) is 6.01. The molecule has 0 saturated carbocycles. The van der Waals surface area contributed by atoms with Gasteiger partial charge >= 0.3 is 0 Å². The molecule has 6 aromatic rings. The van der Waals surface area contributed by atoms with Crippen molar-refractivity contribution in [2.24, 2.45) is 0 Å². The number of benzene rings is 1. The van der Waals surface area contributed by atoms with Gasteiger partial charge in [0, 0.05) is 53.2 Å². The molecule has 0 fully saturated rings. The molecule has 34 heavy (non-hydrogen) atoms. The summed E-state index contributed by atoms with van der Waals surface area (Å²) in [6.07, 6.45) is 9.31. The second kappa shape index (κ2) is 8.53. The largest absolute Gasteiger partial charge is 0.352 e. The number of aromatic amines is 2. The van der Waals surface area contributed by atoms with Crippen LogP contribution >= 0.6 is 0 Å². The Labute approximate surface area is 196 Å². The summed E-state index contributed by atoms with van der Waals surface area (Å²) >= 11 is 0. The fraction of sp³-hybridized carbons (Fsp3) is 0.111. The lowest BCUT2D eigenvalue weighted by Crippen LogP contribution is -2.11. The summed E-state index contributed by atoms with van der Waals surface area (Å²) in [5, 5.41) is 13.3. The summed E-state index contributed by atoms with van der Waals surface area (Å²) in [5.74, 6) is 0. The van der Waals surface area contributed by atoms with Crippen LogP contribution in [0.1, 0.15) is 12.5 Å². The average Bonchev–Trinajstić information content (AvgIpc) is 3.51. The highest BCUT2D eigenvalue weighted by molar-refractivity contribution is 6.01. The Kier molecular flexibility index (Phi) is 5.08. The third-order valence-corrected chi connectivity index (χ3v) is 6.01. The van der Waals surface area contributed by atoms with E-state index in [1.807, 2.05) is 43.0 Å². The Morgan fingerprint density at radius 2 is 1.79 bits per heavy atom. The van der Waals surface area contributed by atoms with Gasteiger partial charge < -0.3 is 10.3 Å². The number of pyridine rings is 3. The highest BCUT2D eigenvalue weighted by Gasteiger charge is 2.15. The molecule has 0 bridgehead atoms. The lowest BCUT2D eigenvalue weighted by molar-refractivity contribution is 0.724. The topological polar surface area (TPSA) is 95.2 Å². The molecule has 1 aromatic carbocycles. The van der Waals surface area contributed by atoms with Crippen molar-refractivity contribution in [3.63, 3.8) is 0 Å². The van der Waals surface area contributed by atoms with Gasteiger partial charge in [-0.2, -0.15) is 5.10 Å².